The van der Waals surface area contributed by atoms with Gasteiger partial charge in [-0.05, 0) is 17.5 Å². The number of hydrogen-bond acceptors (Lipinski definition) is 3. The van der Waals surface area contributed by atoms with Crippen molar-refractivity contribution in [1.29, 1.82) is 0 Å². The first kappa shape index (κ1) is 9.68. The maximum Gasteiger partial charge on any atom is 0.209 e. The summed E-state index contributed by atoms with van der Waals surface area (Å²) in [4.78, 5) is 4.16. The second-order valence-corrected chi connectivity index (χ2v) is 3.10. The van der Waals surface area contributed by atoms with E-state index < -0.39 is 0 Å². The number of pyridine rings is 1. The zero-order valence-electron chi connectivity index (χ0n) is 8.14. The molecule has 75 valence electrons. The van der Waals surface area contributed by atoms with Crippen molar-refractivity contribution in [3.8, 4) is 0 Å². The van der Waals surface area contributed by atoms with Crippen LogP contribution in [0.3, 0.4) is 0 Å². The minimum atomic E-state index is -0.00106. The van der Waals surface area contributed by atoms with Gasteiger partial charge in [0.2, 0.25) is 6.23 Å². The Kier molecular flexibility index (Phi) is 2.65. The van der Waals surface area contributed by atoms with Crippen LogP contribution >= 0.6 is 0 Å². The van der Waals surface area contributed by atoms with Gasteiger partial charge in [-0.2, -0.15) is 0 Å². The van der Waals surface area contributed by atoms with Gasteiger partial charge in [-0.15, -0.1) is 0 Å². The predicted molar refractivity (Wildman–Crippen MR) is 60.7 cm³/mol. The highest BCUT2D eigenvalue weighted by Crippen LogP contribution is 2.21. The van der Waals surface area contributed by atoms with Crippen LogP contribution in [0.25, 0.3) is 10.8 Å². The molecule has 0 atom stereocenters. The number of aliphatic hydroxyl groups is 1. The number of nitrogens with zero attached hydrogens (tertiary/aromatic N) is 1. The molecule has 1 radical (unpaired) electrons. The second kappa shape index (κ2) is 4.11. The van der Waals surface area contributed by atoms with Gasteiger partial charge >= 0.3 is 0 Å². The molecule has 0 unspecified atom stereocenters. The molecule has 2 rings (SSSR count). The third kappa shape index (κ3) is 1.97. The molecule has 0 aliphatic heterocycles. The molecule has 3 heteroatoms. The summed E-state index contributed by atoms with van der Waals surface area (Å²) in [5, 5.41) is 14.1. The van der Waals surface area contributed by atoms with Gasteiger partial charge in [0.25, 0.3) is 0 Å². The minimum Gasteiger partial charge on any atom is -0.363 e. The number of hydrogen-bond donors (Lipinski definition) is 2. The lowest BCUT2D eigenvalue weighted by atomic mass is 10.1. The van der Waals surface area contributed by atoms with Crippen LogP contribution in [0, 0.1) is 6.23 Å². The molecule has 1 aromatic heterocycles. The monoisotopic (exact) mass is 199 g/mol. The fraction of sp³-hybridized carbons (Fsp3) is 0. The molecule has 0 fully saturated rings. The van der Waals surface area contributed by atoms with Gasteiger partial charge < -0.3 is 10.4 Å². The van der Waals surface area contributed by atoms with Gasteiger partial charge in [0.05, 0.1) is 0 Å². The molecular formula is C12H11N2O. The van der Waals surface area contributed by atoms with E-state index in [1.807, 2.05) is 30.3 Å². The Hall–Kier alpha value is -1.87. The van der Waals surface area contributed by atoms with E-state index in [-0.39, 0.29) is 6.23 Å². The van der Waals surface area contributed by atoms with Crippen LogP contribution in [0.5, 0.6) is 0 Å². The van der Waals surface area contributed by atoms with E-state index in [1.54, 1.807) is 6.20 Å². The van der Waals surface area contributed by atoms with Gasteiger partial charge in [0.1, 0.15) is 5.82 Å². The predicted octanol–water partition coefficient (Wildman–Crippen LogP) is 2.69. The van der Waals surface area contributed by atoms with Crippen molar-refractivity contribution in [3.63, 3.8) is 0 Å². The van der Waals surface area contributed by atoms with Crippen LogP contribution < -0.4 is 5.32 Å². The highest BCUT2D eigenvalue weighted by Gasteiger charge is 2.04. The highest BCUT2D eigenvalue weighted by atomic mass is 16.3. The number of aliphatic hydroxyl groups excluding tert-OH is 1. The first-order chi connectivity index (χ1) is 7.31. The summed E-state index contributed by atoms with van der Waals surface area (Å²) in [6.45, 7) is 3.46. The Morgan fingerprint density at radius 3 is 2.93 bits per heavy atom. The van der Waals surface area contributed by atoms with Crippen LogP contribution in [-0.4, -0.2) is 10.1 Å². The number of benzene rings is 1. The van der Waals surface area contributed by atoms with Crippen molar-refractivity contribution in [2.45, 2.75) is 0 Å². The van der Waals surface area contributed by atoms with Gasteiger partial charge in [0.15, 0.2) is 0 Å². The molecule has 0 bridgehead atoms. The summed E-state index contributed by atoms with van der Waals surface area (Å²) in [5.74, 6) is 0.630. The van der Waals surface area contributed by atoms with E-state index in [4.69, 9.17) is 0 Å². The molecule has 15 heavy (non-hydrogen) atoms. The Balaban J connectivity index is 2.46. The first-order valence-electron chi connectivity index (χ1n) is 4.60. The Labute approximate surface area is 88.1 Å². The summed E-state index contributed by atoms with van der Waals surface area (Å²) < 4.78 is 0. The lowest BCUT2D eigenvalue weighted by Crippen LogP contribution is -2.07. The smallest absolute Gasteiger partial charge is 0.209 e. The molecule has 1 heterocycles. The summed E-state index contributed by atoms with van der Waals surface area (Å²) in [5.41, 5.74) is 0. The van der Waals surface area contributed by atoms with Gasteiger partial charge in [-0.3, -0.25) is 0 Å². The second-order valence-electron chi connectivity index (χ2n) is 3.10. The minimum absolute atomic E-state index is 0.00106. The van der Waals surface area contributed by atoms with Crippen molar-refractivity contribution in [1.82, 2.24) is 4.98 Å². The molecule has 2 N–H and O–H groups in total. The molecule has 2 aromatic rings. The number of anilines is 1. The van der Waals surface area contributed by atoms with E-state index in [2.05, 4.69) is 16.9 Å². The van der Waals surface area contributed by atoms with E-state index >= 15 is 0 Å². The molecule has 0 amide bonds. The Morgan fingerprint density at radius 1 is 1.33 bits per heavy atom. The molecule has 3 nitrogen and oxygen atoms in total. The van der Waals surface area contributed by atoms with Crippen molar-refractivity contribution in [2.75, 3.05) is 5.32 Å². The summed E-state index contributed by atoms with van der Waals surface area (Å²) in [7, 11) is 0. The first-order valence-corrected chi connectivity index (χ1v) is 4.60. The van der Waals surface area contributed by atoms with E-state index in [0.717, 1.165) is 10.8 Å². The summed E-state index contributed by atoms with van der Waals surface area (Å²) >= 11 is 0. The zero-order chi connectivity index (χ0) is 10.7. The van der Waals surface area contributed by atoms with Gasteiger partial charge in [-0.25, -0.2) is 4.98 Å². The molecule has 1 aromatic carbocycles. The SMILES string of the molecule is C=C[C](O)Nc1nccc2ccccc12. The molecule has 0 saturated carbocycles. The van der Waals surface area contributed by atoms with Crippen LogP contribution in [0.4, 0.5) is 5.82 Å². The largest absolute Gasteiger partial charge is 0.363 e. The third-order valence-corrected chi connectivity index (χ3v) is 2.11. The molecule has 0 saturated heterocycles. The van der Waals surface area contributed by atoms with Crippen LogP contribution in [0.15, 0.2) is 49.2 Å². The maximum absolute atomic E-state index is 9.32. The number of nitrogens with one attached hydrogen (secondary N) is 1. The van der Waals surface area contributed by atoms with Crippen LogP contribution in [0.2, 0.25) is 0 Å². The Bertz CT molecular complexity index is 477. The average Bonchev–Trinajstić information content (AvgIpc) is 2.29. The molecular weight excluding hydrogens is 188 g/mol. The Morgan fingerprint density at radius 2 is 2.13 bits per heavy atom. The van der Waals surface area contributed by atoms with E-state index in [1.165, 1.54) is 6.08 Å². The standard InChI is InChI=1S/C12H11N2O/c1-2-11(15)14-12-10-6-4-3-5-9(10)7-8-13-12/h2-8,15H,1H2,(H,13,14). The lowest BCUT2D eigenvalue weighted by Gasteiger charge is -2.09. The van der Waals surface area contributed by atoms with Gasteiger partial charge in [-0.1, -0.05) is 30.8 Å². The molecule has 0 spiro atoms. The van der Waals surface area contributed by atoms with Crippen molar-refractivity contribution in [2.24, 2.45) is 0 Å². The van der Waals surface area contributed by atoms with Crippen LogP contribution in [0.1, 0.15) is 0 Å². The number of fused-ring (bicyclic) bond motifs is 1. The van der Waals surface area contributed by atoms with Crippen molar-refractivity contribution < 1.29 is 5.11 Å². The number of aromatic nitrogens is 1. The fourth-order valence-corrected chi connectivity index (χ4v) is 1.39. The maximum atomic E-state index is 9.32. The molecule has 0 aliphatic rings. The summed E-state index contributed by atoms with van der Waals surface area (Å²) in [6, 6.07) is 9.75. The fourth-order valence-electron chi connectivity index (χ4n) is 1.39. The van der Waals surface area contributed by atoms with Crippen molar-refractivity contribution >= 4 is 16.6 Å². The highest BCUT2D eigenvalue weighted by molar-refractivity contribution is 5.91. The lowest BCUT2D eigenvalue weighted by molar-refractivity contribution is 0.354. The quantitative estimate of drug-likeness (QED) is 0.798. The molecule has 0 aliphatic carbocycles. The van der Waals surface area contributed by atoms with Crippen LogP contribution in [-0.2, 0) is 0 Å². The average molecular weight is 199 g/mol. The van der Waals surface area contributed by atoms with Gasteiger partial charge in [0, 0.05) is 11.6 Å². The summed E-state index contributed by atoms with van der Waals surface area (Å²) in [6.07, 6.45) is 3.03. The van der Waals surface area contributed by atoms with E-state index in [0.29, 0.717) is 5.82 Å². The number of rotatable bonds is 3. The topological polar surface area (TPSA) is 45.1 Å². The van der Waals surface area contributed by atoms with Crippen molar-refractivity contribution in [3.05, 3.63) is 55.4 Å². The van der Waals surface area contributed by atoms with E-state index in [9.17, 15) is 5.11 Å². The normalized spacial score (nSPS) is 10.5. The third-order valence-electron chi connectivity index (χ3n) is 2.11. The zero-order valence-corrected chi connectivity index (χ0v) is 8.14.